The molecule has 6 heteroatoms. The maximum Gasteiger partial charge on any atom is 0.269 e. The fourth-order valence-corrected chi connectivity index (χ4v) is 2.66. The van der Waals surface area contributed by atoms with Crippen LogP contribution in [0.15, 0.2) is 54.4 Å². The van der Waals surface area contributed by atoms with E-state index in [0.717, 1.165) is 0 Å². The highest BCUT2D eigenvalue weighted by Gasteiger charge is 2.37. The molecule has 0 bridgehead atoms. The molecular formula is C17H14ClN3O2. The molecule has 0 saturated carbocycles. The van der Waals surface area contributed by atoms with Gasteiger partial charge in [0.05, 0.1) is 16.3 Å². The number of fused-ring (bicyclic) bond motifs is 1. The number of anilines is 2. The summed E-state index contributed by atoms with van der Waals surface area (Å²) in [5.74, 6) is -0.482. The third kappa shape index (κ3) is 2.59. The van der Waals surface area contributed by atoms with E-state index in [1.807, 2.05) is 0 Å². The van der Waals surface area contributed by atoms with Crippen molar-refractivity contribution in [2.75, 3.05) is 19.0 Å². The molecule has 0 saturated heterocycles. The highest BCUT2D eigenvalue weighted by atomic mass is 35.5. The van der Waals surface area contributed by atoms with Crippen LogP contribution in [-0.2, 0) is 4.79 Å². The van der Waals surface area contributed by atoms with Crippen LogP contribution in [0.4, 0.5) is 11.5 Å². The summed E-state index contributed by atoms with van der Waals surface area (Å²) >= 11 is 6.24. The highest BCUT2D eigenvalue weighted by Crippen LogP contribution is 2.37. The van der Waals surface area contributed by atoms with Gasteiger partial charge in [0.1, 0.15) is 5.57 Å². The monoisotopic (exact) mass is 327 g/mol. The Morgan fingerprint density at radius 3 is 2.57 bits per heavy atom. The summed E-state index contributed by atoms with van der Waals surface area (Å²) < 4.78 is 0. The number of para-hydroxylation sites is 1. The minimum atomic E-state index is -0.442. The fourth-order valence-electron chi connectivity index (χ4n) is 2.44. The molecule has 2 heterocycles. The van der Waals surface area contributed by atoms with Gasteiger partial charge in [-0.05, 0) is 24.3 Å². The number of halogens is 1. The average molecular weight is 328 g/mol. The van der Waals surface area contributed by atoms with Crippen molar-refractivity contribution in [3.8, 4) is 0 Å². The van der Waals surface area contributed by atoms with Gasteiger partial charge in [0.25, 0.3) is 5.91 Å². The summed E-state index contributed by atoms with van der Waals surface area (Å²) in [6.07, 6.45) is 3.06. The quantitative estimate of drug-likeness (QED) is 0.628. The zero-order chi connectivity index (χ0) is 16.6. The van der Waals surface area contributed by atoms with Crippen LogP contribution in [0, 0.1) is 0 Å². The largest absolute Gasteiger partial charge is 0.383 e. The van der Waals surface area contributed by atoms with E-state index in [-0.39, 0.29) is 11.4 Å². The molecule has 0 N–H and O–H groups in total. The van der Waals surface area contributed by atoms with Crippen LogP contribution in [0.1, 0.15) is 10.4 Å². The predicted octanol–water partition coefficient (Wildman–Crippen LogP) is 3.04. The summed E-state index contributed by atoms with van der Waals surface area (Å²) in [5, 5.41) is 0.413. The third-order valence-corrected chi connectivity index (χ3v) is 3.72. The summed E-state index contributed by atoms with van der Waals surface area (Å²) in [4.78, 5) is 32.8. The Hall–Kier alpha value is -2.66. The van der Waals surface area contributed by atoms with Gasteiger partial charge in [-0.15, -0.1) is 0 Å². The smallest absolute Gasteiger partial charge is 0.269 e. The van der Waals surface area contributed by atoms with E-state index in [1.54, 1.807) is 61.6 Å². The summed E-state index contributed by atoms with van der Waals surface area (Å²) in [6, 6.07) is 10.3. The predicted molar refractivity (Wildman–Crippen MR) is 88.9 cm³/mol. The molecule has 0 radical (unpaired) electrons. The molecule has 5 nitrogen and oxygen atoms in total. The minimum Gasteiger partial charge on any atom is -0.383 e. The number of amides is 1. The van der Waals surface area contributed by atoms with Crippen molar-refractivity contribution in [2.24, 2.45) is 0 Å². The molecule has 1 aromatic carbocycles. The normalized spacial score (nSPS) is 15.8. The number of carbonyl (C=O) groups excluding carboxylic acids is 2. The first-order chi connectivity index (χ1) is 11.0. The lowest BCUT2D eigenvalue weighted by molar-refractivity contribution is -0.114. The van der Waals surface area contributed by atoms with E-state index in [1.165, 1.54) is 11.1 Å². The van der Waals surface area contributed by atoms with Crippen molar-refractivity contribution in [1.82, 2.24) is 9.88 Å². The van der Waals surface area contributed by atoms with Gasteiger partial charge in [-0.3, -0.25) is 14.5 Å². The molecule has 1 aliphatic heterocycles. The van der Waals surface area contributed by atoms with Crippen LogP contribution >= 0.6 is 11.6 Å². The lowest BCUT2D eigenvalue weighted by atomic mass is 9.98. The Kier molecular flexibility index (Phi) is 3.88. The zero-order valence-corrected chi connectivity index (χ0v) is 13.4. The van der Waals surface area contributed by atoms with Crippen molar-refractivity contribution >= 4 is 34.8 Å². The van der Waals surface area contributed by atoms with Crippen LogP contribution in [0.5, 0.6) is 0 Å². The Morgan fingerprint density at radius 1 is 1.13 bits per heavy atom. The Balaban J connectivity index is 2.26. The molecule has 0 spiro atoms. The van der Waals surface area contributed by atoms with Crippen LogP contribution in [-0.4, -0.2) is 35.7 Å². The number of ketones is 1. The maximum atomic E-state index is 12.9. The number of benzene rings is 1. The van der Waals surface area contributed by atoms with Crippen molar-refractivity contribution in [2.45, 2.75) is 0 Å². The lowest BCUT2D eigenvalue weighted by Crippen LogP contribution is -2.37. The third-order valence-electron chi connectivity index (χ3n) is 3.40. The summed E-state index contributed by atoms with van der Waals surface area (Å²) in [7, 11) is 3.51. The SMILES string of the molecule is CN(C)C=C1C(=O)c2cccnc2N(c2ccccc2Cl)C1=O. The van der Waals surface area contributed by atoms with E-state index in [0.29, 0.717) is 22.1 Å². The Bertz CT molecular complexity index is 830. The minimum absolute atomic E-state index is 0.0791. The van der Waals surface area contributed by atoms with Crippen molar-refractivity contribution < 1.29 is 9.59 Å². The van der Waals surface area contributed by atoms with Crippen molar-refractivity contribution in [1.29, 1.82) is 0 Å². The number of hydrogen-bond acceptors (Lipinski definition) is 4. The number of carbonyl (C=O) groups is 2. The average Bonchev–Trinajstić information content (AvgIpc) is 2.53. The van der Waals surface area contributed by atoms with Gasteiger partial charge < -0.3 is 4.90 Å². The molecule has 0 atom stereocenters. The molecule has 0 aliphatic carbocycles. The first-order valence-corrected chi connectivity index (χ1v) is 7.35. The molecule has 1 amide bonds. The molecule has 23 heavy (non-hydrogen) atoms. The topological polar surface area (TPSA) is 53.5 Å². The molecule has 3 rings (SSSR count). The van der Waals surface area contributed by atoms with Crippen LogP contribution in [0.3, 0.4) is 0 Å². The van der Waals surface area contributed by atoms with Crippen LogP contribution in [0.2, 0.25) is 5.02 Å². The Labute approximate surface area is 138 Å². The van der Waals surface area contributed by atoms with E-state index in [2.05, 4.69) is 4.98 Å². The number of aromatic nitrogens is 1. The molecule has 1 aromatic heterocycles. The van der Waals surface area contributed by atoms with Gasteiger partial charge in [0.2, 0.25) is 5.78 Å². The summed E-state index contributed by atoms with van der Waals surface area (Å²) in [5.41, 5.74) is 0.951. The zero-order valence-electron chi connectivity index (χ0n) is 12.7. The highest BCUT2D eigenvalue weighted by molar-refractivity contribution is 6.39. The van der Waals surface area contributed by atoms with Gasteiger partial charge >= 0.3 is 0 Å². The van der Waals surface area contributed by atoms with E-state index in [4.69, 9.17) is 11.6 Å². The van der Waals surface area contributed by atoms with E-state index in [9.17, 15) is 9.59 Å². The van der Waals surface area contributed by atoms with Crippen LogP contribution < -0.4 is 4.90 Å². The van der Waals surface area contributed by atoms with E-state index >= 15 is 0 Å². The van der Waals surface area contributed by atoms with E-state index < -0.39 is 5.91 Å². The van der Waals surface area contributed by atoms with Gasteiger partial charge in [-0.25, -0.2) is 4.98 Å². The second-order valence-corrected chi connectivity index (χ2v) is 5.71. The molecule has 1 aliphatic rings. The molecule has 0 unspecified atom stereocenters. The first-order valence-electron chi connectivity index (χ1n) is 6.97. The van der Waals surface area contributed by atoms with Crippen molar-refractivity contribution in [3.05, 3.63) is 65.0 Å². The molecule has 116 valence electrons. The fraction of sp³-hybridized carbons (Fsp3) is 0.118. The number of rotatable bonds is 2. The van der Waals surface area contributed by atoms with Crippen LogP contribution in [0.25, 0.3) is 0 Å². The second kappa shape index (κ2) is 5.85. The molecular weight excluding hydrogens is 314 g/mol. The lowest BCUT2D eigenvalue weighted by Gasteiger charge is -2.29. The molecule has 0 fully saturated rings. The van der Waals surface area contributed by atoms with Gasteiger partial charge in [0, 0.05) is 26.5 Å². The van der Waals surface area contributed by atoms with Gasteiger partial charge in [-0.1, -0.05) is 23.7 Å². The Morgan fingerprint density at radius 2 is 1.87 bits per heavy atom. The molecule has 2 aromatic rings. The first kappa shape index (κ1) is 15.2. The van der Waals surface area contributed by atoms with Crippen molar-refractivity contribution in [3.63, 3.8) is 0 Å². The number of hydrogen-bond donors (Lipinski definition) is 0. The number of nitrogens with zero attached hydrogens (tertiary/aromatic N) is 3. The maximum absolute atomic E-state index is 12.9. The number of pyridine rings is 1. The second-order valence-electron chi connectivity index (χ2n) is 5.30. The van der Waals surface area contributed by atoms with Gasteiger partial charge in [-0.2, -0.15) is 0 Å². The summed E-state index contributed by atoms with van der Waals surface area (Å²) in [6.45, 7) is 0. The standard InChI is InChI=1S/C17H14ClN3O2/c1-20(2)10-12-15(22)11-6-5-9-19-16(11)21(17(12)23)14-8-4-3-7-13(14)18/h3-10H,1-2H3. The van der Waals surface area contributed by atoms with Gasteiger partial charge in [0.15, 0.2) is 5.82 Å². The number of Topliss-reactive ketones (excluding diaryl/α,β-unsaturated/α-hetero) is 1.